The number of thioether (sulfide) groups is 1. The fourth-order valence-electron chi connectivity index (χ4n) is 2.18. The zero-order chi connectivity index (χ0) is 10.2. The molecule has 3 heteroatoms. The van der Waals surface area contributed by atoms with Gasteiger partial charge in [-0.2, -0.15) is 11.8 Å². The van der Waals surface area contributed by atoms with E-state index in [-0.39, 0.29) is 0 Å². The Morgan fingerprint density at radius 1 is 1.50 bits per heavy atom. The van der Waals surface area contributed by atoms with Crippen molar-refractivity contribution < 1.29 is 0 Å². The molecule has 0 aromatic carbocycles. The summed E-state index contributed by atoms with van der Waals surface area (Å²) >= 11 is 5.51. The van der Waals surface area contributed by atoms with E-state index in [0.717, 1.165) is 5.92 Å². The van der Waals surface area contributed by atoms with Crippen LogP contribution >= 0.6 is 27.7 Å². The largest absolute Gasteiger partial charge is 0.303 e. The molecule has 84 valence electrons. The van der Waals surface area contributed by atoms with E-state index in [4.69, 9.17) is 0 Å². The molecule has 1 atom stereocenters. The van der Waals surface area contributed by atoms with Crippen LogP contribution < -0.4 is 0 Å². The molecule has 1 saturated heterocycles. The first kappa shape index (κ1) is 12.9. The number of piperidine rings is 1. The van der Waals surface area contributed by atoms with Crippen LogP contribution in [0.15, 0.2) is 0 Å². The summed E-state index contributed by atoms with van der Waals surface area (Å²) in [4.78, 5) is 2.66. The van der Waals surface area contributed by atoms with Gasteiger partial charge in [-0.05, 0) is 56.7 Å². The Balaban J connectivity index is 2.12. The molecule has 1 fully saturated rings. The Bertz CT molecular complexity index is 141. The highest BCUT2D eigenvalue weighted by molar-refractivity contribution is 9.09. The number of hydrogen-bond donors (Lipinski definition) is 0. The van der Waals surface area contributed by atoms with Gasteiger partial charge in [-0.1, -0.05) is 15.9 Å². The third-order valence-electron chi connectivity index (χ3n) is 2.94. The van der Waals surface area contributed by atoms with Crippen LogP contribution in [0, 0.1) is 5.92 Å². The average molecular weight is 280 g/mol. The molecule has 1 heterocycles. The van der Waals surface area contributed by atoms with Gasteiger partial charge in [0.05, 0.1) is 0 Å². The second-order valence-corrected chi connectivity index (χ2v) is 5.91. The molecule has 0 saturated carbocycles. The van der Waals surface area contributed by atoms with E-state index in [1.165, 1.54) is 56.4 Å². The van der Waals surface area contributed by atoms with Crippen LogP contribution in [0.5, 0.6) is 0 Å². The molecular formula is C11H22BrNS. The van der Waals surface area contributed by atoms with Crippen LogP contribution in [0.1, 0.15) is 25.7 Å². The molecule has 0 bridgehead atoms. The summed E-state index contributed by atoms with van der Waals surface area (Å²) in [6.45, 7) is 4.01. The van der Waals surface area contributed by atoms with Crippen LogP contribution in [0.3, 0.4) is 0 Å². The summed E-state index contributed by atoms with van der Waals surface area (Å²) in [5, 5.41) is 1.18. The van der Waals surface area contributed by atoms with Gasteiger partial charge in [-0.15, -0.1) is 0 Å². The molecule has 0 amide bonds. The van der Waals surface area contributed by atoms with E-state index in [1.807, 2.05) is 11.8 Å². The lowest BCUT2D eigenvalue weighted by molar-refractivity contribution is 0.173. The highest BCUT2D eigenvalue weighted by Crippen LogP contribution is 2.20. The van der Waals surface area contributed by atoms with E-state index in [9.17, 15) is 0 Å². The van der Waals surface area contributed by atoms with Crippen molar-refractivity contribution in [2.75, 3.05) is 37.0 Å². The van der Waals surface area contributed by atoms with E-state index in [1.54, 1.807) is 0 Å². The quantitative estimate of drug-likeness (QED) is 0.543. The van der Waals surface area contributed by atoms with Crippen LogP contribution in [0.4, 0.5) is 0 Å². The number of likely N-dealkylation sites (tertiary alicyclic amines) is 1. The summed E-state index contributed by atoms with van der Waals surface area (Å²) < 4.78 is 0. The number of hydrogen-bond acceptors (Lipinski definition) is 2. The maximum Gasteiger partial charge on any atom is 0.00344 e. The van der Waals surface area contributed by atoms with E-state index >= 15 is 0 Å². The number of nitrogens with zero attached hydrogens (tertiary/aromatic N) is 1. The highest BCUT2D eigenvalue weighted by Gasteiger charge is 2.18. The van der Waals surface area contributed by atoms with Gasteiger partial charge in [0.15, 0.2) is 0 Å². The lowest BCUT2D eigenvalue weighted by atomic mass is 9.95. The average Bonchev–Trinajstić information content (AvgIpc) is 2.19. The van der Waals surface area contributed by atoms with Crippen molar-refractivity contribution in [3.05, 3.63) is 0 Å². The van der Waals surface area contributed by atoms with E-state index < -0.39 is 0 Å². The molecule has 1 rings (SSSR count). The SMILES string of the molecule is CSCCCN1CCCC(CCBr)C1. The van der Waals surface area contributed by atoms with Gasteiger partial charge in [0.2, 0.25) is 0 Å². The Hall–Kier alpha value is 0.790. The first-order valence-electron chi connectivity index (χ1n) is 5.64. The first-order chi connectivity index (χ1) is 6.86. The molecule has 1 aliphatic rings. The van der Waals surface area contributed by atoms with E-state index in [2.05, 4.69) is 27.1 Å². The Labute approximate surface area is 101 Å². The van der Waals surface area contributed by atoms with Gasteiger partial charge in [-0.3, -0.25) is 0 Å². The van der Waals surface area contributed by atoms with Crippen molar-refractivity contribution in [2.24, 2.45) is 5.92 Å². The minimum absolute atomic E-state index is 0.956. The third kappa shape index (κ3) is 5.04. The smallest absolute Gasteiger partial charge is 0.00344 e. The molecule has 1 aliphatic heterocycles. The van der Waals surface area contributed by atoms with Crippen LogP contribution in [0.25, 0.3) is 0 Å². The third-order valence-corrected chi connectivity index (χ3v) is 4.10. The predicted molar refractivity (Wildman–Crippen MR) is 70.6 cm³/mol. The molecule has 1 unspecified atom stereocenters. The molecule has 0 aromatic heterocycles. The lowest BCUT2D eigenvalue weighted by Gasteiger charge is -2.32. The van der Waals surface area contributed by atoms with Gasteiger partial charge in [0.1, 0.15) is 0 Å². The zero-order valence-corrected chi connectivity index (χ0v) is 11.6. The molecule has 0 radical (unpaired) electrons. The lowest BCUT2D eigenvalue weighted by Crippen LogP contribution is -2.36. The summed E-state index contributed by atoms with van der Waals surface area (Å²) in [5.41, 5.74) is 0. The van der Waals surface area contributed by atoms with E-state index in [0.29, 0.717) is 0 Å². The maximum absolute atomic E-state index is 3.55. The Morgan fingerprint density at radius 2 is 2.36 bits per heavy atom. The van der Waals surface area contributed by atoms with Gasteiger partial charge < -0.3 is 4.90 Å². The van der Waals surface area contributed by atoms with Gasteiger partial charge in [0, 0.05) is 11.9 Å². The van der Waals surface area contributed by atoms with Crippen LogP contribution in [-0.4, -0.2) is 41.9 Å². The molecule has 0 aliphatic carbocycles. The minimum Gasteiger partial charge on any atom is -0.303 e. The van der Waals surface area contributed by atoms with Crippen LogP contribution in [-0.2, 0) is 0 Å². The minimum atomic E-state index is 0.956. The standard InChI is InChI=1S/C11H22BrNS/c1-14-9-3-8-13-7-2-4-11(10-13)5-6-12/h11H,2-10H2,1H3. The molecule has 0 N–H and O–H groups in total. The van der Waals surface area contributed by atoms with Crippen molar-refractivity contribution in [1.82, 2.24) is 4.90 Å². The monoisotopic (exact) mass is 279 g/mol. The number of rotatable bonds is 6. The van der Waals surface area contributed by atoms with Crippen molar-refractivity contribution in [2.45, 2.75) is 25.7 Å². The highest BCUT2D eigenvalue weighted by atomic mass is 79.9. The number of alkyl halides is 1. The van der Waals surface area contributed by atoms with Crippen molar-refractivity contribution >= 4 is 27.7 Å². The van der Waals surface area contributed by atoms with Gasteiger partial charge in [-0.25, -0.2) is 0 Å². The number of halogens is 1. The van der Waals surface area contributed by atoms with Crippen molar-refractivity contribution in [1.29, 1.82) is 0 Å². The normalized spacial score (nSPS) is 24.0. The van der Waals surface area contributed by atoms with Crippen molar-refractivity contribution in [3.8, 4) is 0 Å². The second kappa shape index (κ2) is 8.00. The molecule has 0 aromatic rings. The molecule has 0 spiro atoms. The molecular weight excluding hydrogens is 258 g/mol. The van der Waals surface area contributed by atoms with Crippen molar-refractivity contribution in [3.63, 3.8) is 0 Å². The predicted octanol–water partition coefficient (Wildman–Crippen LogP) is 3.24. The maximum atomic E-state index is 3.55. The summed E-state index contributed by atoms with van der Waals surface area (Å²) in [5.74, 6) is 2.27. The first-order valence-corrected chi connectivity index (χ1v) is 8.15. The Kier molecular flexibility index (Phi) is 7.35. The molecule has 14 heavy (non-hydrogen) atoms. The zero-order valence-electron chi connectivity index (χ0n) is 9.17. The molecule has 1 nitrogen and oxygen atoms in total. The fourth-order valence-corrected chi connectivity index (χ4v) is 3.24. The topological polar surface area (TPSA) is 3.24 Å². The summed E-state index contributed by atoms with van der Waals surface area (Å²) in [7, 11) is 0. The summed E-state index contributed by atoms with van der Waals surface area (Å²) in [6, 6.07) is 0. The Morgan fingerprint density at radius 3 is 3.07 bits per heavy atom. The second-order valence-electron chi connectivity index (χ2n) is 4.13. The summed E-state index contributed by atoms with van der Waals surface area (Å²) in [6.07, 6.45) is 7.78. The van der Waals surface area contributed by atoms with Crippen LogP contribution in [0.2, 0.25) is 0 Å². The van der Waals surface area contributed by atoms with Gasteiger partial charge in [0.25, 0.3) is 0 Å². The fraction of sp³-hybridized carbons (Fsp3) is 1.00. The van der Waals surface area contributed by atoms with Gasteiger partial charge >= 0.3 is 0 Å².